The van der Waals surface area contributed by atoms with E-state index in [1.165, 1.54) is 31.4 Å². The van der Waals surface area contributed by atoms with Crippen LogP contribution in [-0.2, 0) is 22.3 Å². The van der Waals surface area contributed by atoms with E-state index in [4.69, 9.17) is 9.47 Å². The average molecular weight is 494 g/mol. The van der Waals surface area contributed by atoms with Crippen molar-refractivity contribution in [3.63, 3.8) is 0 Å². The lowest BCUT2D eigenvalue weighted by molar-refractivity contribution is -0.138. The Balaban J connectivity index is 2.02. The molecule has 1 aliphatic carbocycles. The molecule has 0 radical (unpaired) electrons. The fourth-order valence-electron chi connectivity index (χ4n) is 4.37. The van der Waals surface area contributed by atoms with Gasteiger partial charge in [-0.2, -0.15) is 13.2 Å². The number of hydrogen-bond acceptors (Lipinski definition) is 5. The highest BCUT2D eigenvalue weighted by Gasteiger charge is 2.35. The minimum atomic E-state index is -4.72. The molecule has 0 spiro atoms. The van der Waals surface area contributed by atoms with Crippen LogP contribution >= 0.6 is 0 Å². The van der Waals surface area contributed by atoms with E-state index in [2.05, 4.69) is 0 Å². The second-order valence-corrected chi connectivity index (χ2v) is 8.90. The predicted octanol–water partition coefficient (Wildman–Crippen LogP) is 6.10. The molecule has 1 fully saturated rings. The maximum atomic E-state index is 13.6. The smallest absolute Gasteiger partial charge is 0.419 e. The topological polar surface area (TPSA) is 76.1 Å². The van der Waals surface area contributed by atoms with Gasteiger partial charge in [-0.05, 0) is 62.6 Å². The Morgan fingerprint density at radius 1 is 1.09 bits per heavy atom. The highest BCUT2D eigenvalue weighted by Crippen LogP contribution is 2.40. The van der Waals surface area contributed by atoms with E-state index < -0.39 is 30.1 Å². The zero-order valence-electron chi connectivity index (χ0n) is 20.0. The molecule has 0 heterocycles. The van der Waals surface area contributed by atoms with E-state index >= 15 is 0 Å². The molecule has 0 atom stereocenters. The van der Waals surface area contributed by atoms with Crippen LogP contribution in [0.3, 0.4) is 0 Å². The van der Waals surface area contributed by atoms with Crippen molar-refractivity contribution < 1.29 is 37.3 Å². The predicted molar refractivity (Wildman–Crippen MR) is 124 cm³/mol. The number of ether oxygens (including phenoxy) is 2. The molecule has 0 unspecified atom stereocenters. The molecule has 1 saturated carbocycles. The first-order chi connectivity index (χ1) is 16.6. The first-order valence-corrected chi connectivity index (χ1v) is 11.6. The summed E-state index contributed by atoms with van der Waals surface area (Å²) in [5.41, 5.74) is -0.627. The third-order valence-corrected chi connectivity index (χ3v) is 6.10. The molecule has 2 aromatic carbocycles. The third kappa shape index (κ3) is 6.14. The number of nitrogens with zero attached hydrogens (tertiary/aromatic N) is 1. The monoisotopic (exact) mass is 493 g/mol. The van der Waals surface area contributed by atoms with Crippen LogP contribution in [0.4, 0.5) is 18.9 Å². The van der Waals surface area contributed by atoms with Crippen LogP contribution in [0.2, 0.25) is 0 Å². The van der Waals surface area contributed by atoms with E-state index in [0.29, 0.717) is 5.69 Å². The fourth-order valence-corrected chi connectivity index (χ4v) is 4.37. The normalized spacial score (nSPS) is 14.6. The van der Waals surface area contributed by atoms with Gasteiger partial charge >= 0.3 is 12.1 Å². The number of anilines is 1. The lowest BCUT2D eigenvalue weighted by Crippen LogP contribution is -2.42. The number of carbonyl (C=O) groups excluding carboxylic acids is 2. The third-order valence-electron chi connectivity index (χ3n) is 6.10. The second kappa shape index (κ2) is 11.1. The first-order valence-electron chi connectivity index (χ1n) is 11.6. The minimum absolute atomic E-state index is 0.0170. The van der Waals surface area contributed by atoms with E-state index in [1.54, 1.807) is 4.90 Å². The molecule has 3 rings (SSSR count). The minimum Gasteiger partial charge on any atom is -0.465 e. The van der Waals surface area contributed by atoms with Gasteiger partial charge in [0.1, 0.15) is 11.5 Å². The van der Waals surface area contributed by atoms with E-state index in [9.17, 15) is 27.9 Å². The van der Waals surface area contributed by atoms with Gasteiger partial charge in [-0.15, -0.1) is 0 Å². The van der Waals surface area contributed by atoms with E-state index in [-0.39, 0.29) is 34.7 Å². The Morgan fingerprint density at radius 2 is 1.77 bits per heavy atom. The summed E-state index contributed by atoms with van der Waals surface area (Å²) in [5, 5.41) is 9.21. The Labute approximate surface area is 202 Å². The number of rotatable bonds is 7. The van der Waals surface area contributed by atoms with E-state index in [0.717, 1.165) is 44.2 Å². The number of hydrogen-bond donors (Lipinski definition) is 1. The summed E-state index contributed by atoms with van der Waals surface area (Å²) in [6.45, 7) is 3.12. The van der Waals surface area contributed by atoms with Crippen LogP contribution < -0.4 is 9.64 Å². The molecule has 0 aliphatic heterocycles. The summed E-state index contributed by atoms with van der Waals surface area (Å²) in [6, 6.07) is 7.20. The van der Waals surface area contributed by atoms with Crippen LogP contribution in [0.15, 0.2) is 36.4 Å². The summed E-state index contributed by atoms with van der Waals surface area (Å²) in [7, 11) is 1.19. The maximum Gasteiger partial charge on any atom is 0.419 e. The van der Waals surface area contributed by atoms with Gasteiger partial charge in [-0.1, -0.05) is 25.3 Å². The number of alkyl halides is 3. The Kier molecular flexibility index (Phi) is 8.43. The number of aliphatic hydroxyl groups excluding tert-OH is 1. The molecule has 0 aromatic heterocycles. The number of esters is 1. The molecule has 9 heteroatoms. The molecule has 2 aromatic rings. The van der Waals surface area contributed by atoms with Crippen molar-refractivity contribution in [2.45, 2.75) is 64.8 Å². The van der Waals surface area contributed by atoms with Gasteiger partial charge in [0, 0.05) is 12.0 Å². The van der Waals surface area contributed by atoms with Gasteiger partial charge < -0.3 is 19.5 Å². The molecule has 6 nitrogen and oxygen atoms in total. The molecule has 1 amide bonds. The van der Waals surface area contributed by atoms with Crippen molar-refractivity contribution in [1.29, 1.82) is 0 Å². The fraction of sp³-hybridized carbons (Fsp3) is 0.462. The molecule has 0 bridgehead atoms. The van der Waals surface area contributed by atoms with Crippen molar-refractivity contribution in [3.8, 4) is 11.5 Å². The lowest BCUT2D eigenvalue weighted by atomic mass is 9.87. The molecule has 1 N–H and O–H groups in total. The number of aliphatic hydroxyl groups is 1. The second-order valence-electron chi connectivity index (χ2n) is 8.90. The van der Waals surface area contributed by atoms with Crippen LogP contribution in [0.5, 0.6) is 11.5 Å². The van der Waals surface area contributed by atoms with Crippen molar-refractivity contribution in [3.05, 3.63) is 53.1 Å². The summed E-state index contributed by atoms with van der Waals surface area (Å²) >= 11 is 0. The standard InChI is InChI=1S/C26H30F3NO5/c1-16(2)30(24(32)18-7-5-4-6-8-18)22-11-10-19(14-20(22)25(33)34-3)35-23-12-9-17(15-31)13-21(23)26(27,28)29/h9-14,16,18,31H,4-8,15H2,1-3H3. The Bertz CT molecular complexity index is 1060. The van der Waals surface area contributed by atoms with Crippen LogP contribution in [0, 0.1) is 5.92 Å². The van der Waals surface area contributed by atoms with Gasteiger partial charge in [-0.25, -0.2) is 4.79 Å². The number of benzene rings is 2. The van der Waals surface area contributed by atoms with Gasteiger partial charge in [0.05, 0.1) is 30.5 Å². The Morgan fingerprint density at radius 3 is 2.34 bits per heavy atom. The molecular formula is C26H30F3NO5. The van der Waals surface area contributed by atoms with Crippen molar-refractivity contribution >= 4 is 17.6 Å². The summed E-state index contributed by atoms with van der Waals surface area (Å²) in [6.07, 6.45) is -0.135. The number of carbonyl (C=O) groups is 2. The van der Waals surface area contributed by atoms with Gasteiger partial charge in [0.2, 0.25) is 5.91 Å². The molecule has 35 heavy (non-hydrogen) atoms. The lowest BCUT2D eigenvalue weighted by Gasteiger charge is -2.33. The van der Waals surface area contributed by atoms with Crippen molar-refractivity contribution in [2.75, 3.05) is 12.0 Å². The molecule has 0 saturated heterocycles. The van der Waals surface area contributed by atoms with Gasteiger partial charge in [0.15, 0.2) is 0 Å². The SMILES string of the molecule is COC(=O)c1cc(Oc2ccc(CO)cc2C(F)(F)F)ccc1N(C(=O)C1CCCCC1)C(C)C. The zero-order chi connectivity index (χ0) is 25.8. The quantitative estimate of drug-likeness (QED) is 0.472. The number of halogens is 3. The largest absolute Gasteiger partial charge is 0.465 e. The molecular weight excluding hydrogens is 463 g/mol. The number of methoxy groups -OCH3 is 1. The zero-order valence-corrected chi connectivity index (χ0v) is 20.0. The number of amides is 1. The van der Waals surface area contributed by atoms with Crippen molar-refractivity contribution in [2.24, 2.45) is 5.92 Å². The summed E-state index contributed by atoms with van der Waals surface area (Å²) in [5.74, 6) is -1.47. The van der Waals surface area contributed by atoms with Gasteiger partial charge in [0.25, 0.3) is 0 Å². The summed E-state index contributed by atoms with van der Waals surface area (Å²) < 4.78 is 51.2. The highest BCUT2D eigenvalue weighted by molar-refractivity contribution is 6.04. The first kappa shape index (κ1) is 26.5. The molecule has 1 aliphatic rings. The average Bonchev–Trinajstić information content (AvgIpc) is 2.84. The Hall–Kier alpha value is -3.07. The molecule has 190 valence electrons. The van der Waals surface area contributed by atoms with Crippen LogP contribution in [-0.4, -0.2) is 30.1 Å². The van der Waals surface area contributed by atoms with E-state index in [1.807, 2.05) is 13.8 Å². The van der Waals surface area contributed by atoms with Crippen LogP contribution in [0.1, 0.15) is 67.4 Å². The highest BCUT2D eigenvalue weighted by atomic mass is 19.4. The van der Waals surface area contributed by atoms with Crippen molar-refractivity contribution in [1.82, 2.24) is 0 Å². The summed E-state index contributed by atoms with van der Waals surface area (Å²) in [4.78, 5) is 27.6. The maximum absolute atomic E-state index is 13.6. The van der Waals surface area contributed by atoms with Crippen LogP contribution in [0.25, 0.3) is 0 Å². The van der Waals surface area contributed by atoms with Gasteiger partial charge in [-0.3, -0.25) is 4.79 Å².